The van der Waals surface area contributed by atoms with Gasteiger partial charge in [0.1, 0.15) is 0 Å². The van der Waals surface area contributed by atoms with Crippen LogP contribution in [-0.4, -0.2) is 60.9 Å². The van der Waals surface area contributed by atoms with Crippen LogP contribution in [0.25, 0.3) is 0 Å². The number of nitrogens with zero attached hydrogens (tertiary/aromatic N) is 3. The van der Waals surface area contributed by atoms with E-state index in [-0.39, 0.29) is 17.7 Å². The molecule has 2 aliphatic heterocycles. The summed E-state index contributed by atoms with van der Waals surface area (Å²) in [5, 5.41) is 0. The predicted octanol–water partition coefficient (Wildman–Crippen LogP) is 2.21. The Balaban J connectivity index is 1.59. The van der Waals surface area contributed by atoms with Crippen LogP contribution in [0.4, 0.5) is 5.69 Å². The first-order valence-electron chi connectivity index (χ1n) is 9.33. The van der Waals surface area contributed by atoms with Crippen molar-refractivity contribution >= 4 is 17.5 Å². The lowest BCUT2D eigenvalue weighted by Crippen LogP contribution is -2.53. The van der Waals surface area contributed by atoms with E-state index in [0.29, 0.717) is 6.54 Å². The molecular weight excluding hydrogens is 314 g/mol. The van der Waals surface area contributed by atoms with Crippen molar-refractivity contribution in [1.29, 1.82) is 0 Å². The molecule has 0 unspecified atom stereocenters. The lowest BCUT2D eigenvalue weighted by Gasteiger charge is -2.40. The van der Waals surface area contributed by atoms with Crippen LogP contribution in [0.15, 0.2) is 18.2 Å². The van der Waals surface area contributed by atoms with Crippen LogP contribution in [0, 0.1) is 19.8 Å². The van der Waals surface area contributed by atoms with Gasteiger partial charge in [-0.2, -0.15) is 0 Å². The van der Waals surface area contributed by atoms with E-state index in [1.165, 1.54) is 16.8 Å². The van der Waals surface area contributed by atoms with E-state index in [1.807, 2.05) is 9.80 Å². The van der Waals surface area contributed by atoms with Crippen molar-refractivity contribution < 1.29 is 9.59 Å². The monoisotopic (exact) mass is 343 g/mol. The van der Waals surface area contributed by atoms with Gasteiger partial charge in [-0.25, -0.2) is 0 Å². The van der Waals surface area contributed by atoms with Gasteiger partial charge in [0.25, 0.3) is 0 Å². The van der Waals surface area contributed by atoms with Gasteiger partial charge in [-0.15, -0.1) is 0 Å². The highest BCUT2D eigenvalue weighted by Crippen LogP contribution is 2.25. The van der Waals surface area contributed by atoms with Crippen LogP contribution in [-0.2, 0) is 9.59 Å². The quantitative estimate of drug-likeness (QED) is 0.827. The molecule has 1 atom stereocenters. The Kier molecular flexibility index (Phi) is 5.30. The summed E-state index contributed by atoms with van der Waals surface area (Å²) < 4.78 is 0. The van der Waals surface area contributed by atoms with Crippen molar-refractivity contribution in [2.24, 2.45) is 5.92 Å². The molecule has 0 aromatic heterocycles. The lowest BCUT2D eigenvalue weighted by molar-refractivity contribution is -0.140. The second-order valence-electron chi connectivity index (χ2n) is 7.34. The number of carbonyl (C=O) groups excluding carboxylic acids is 2. The highest BCUT2D eigenvalue weighted by atomic mass is 16.2. The molecule has 2 fully saturated rings. The Morgan fingerprint density at radius 3 is 2.40 bits per heavy atom. The third kappa shape index (κ3) is 3.80. The molecule has 1 aromatic carbocycles. The molecule has 25 heavy (non-hydrogen) atoms. The number of hydrogen-bond acceptors (Lipinski definition) is 3. The number of hydrogen-bond donors (Lipinski definition) is 0. The first kappa shape index (κ1) is 17.8. The Hall–Kier alpha value is -2.04. The van der Waals surface area contributed by atoms with Crippen molar-refractivity contribution in [3.8, 4) is 0 Å². The average molecular weight is 343 g/mol. The summed E-state index contributed by atoms with van der Waals surface area (Å²) >= 11 is 0. The fourth-order valence-corrected chi connectivity index (χ4v) is 3.97. The van der Waals surface area contributed by atoms with Crippen LogP contribution in [0.3, 0.4) is 0 Å². The van der Waals surface area contributed by atoms with Gasteiger partial charge in [-0.05, 0) is 43.9 Å². The number of likely N-dealkylation sites (tertiary alicyclic amines) is 1. The molecule has 0 saturated carbocycles. The Morgan fingerprint density at radius 2 is 1.72 bits per heavy atom. The van der Waals surface area contributed by atoms with Crippen molar-refractivity contribution in [2.45, 2.75) is 33.6 Å². The molecule has 0 spiro atoms. The highest BCUT2D eigenvalue weighted by Gasteiger charge is 2.31. The molecule has 0 radical (unpaired) electrons. The third-order valence-electron chi connectivity index (χ3n) is 5.72. The molecule has 0 N–H and O–H groups in total. The van der Waals surface area contributed by atoms with E-state index in [2.05, 4.69) is 36.9 Å². The Bertz CT molecular complexity index is 650. The van der Waals surface area contributed by atoms with Crippen molar-refractivity contribution in [2.75, 3.05) is 44.2 Å². The molecule has 136 valence electrons. The summed E-state index contributed by atoms with van der Waals surface area (Å²) in [7, 11) is 0. The summed E-state index contributed by atoms with van der Waals surface area (Å²) in [4.78, 5) is 30.6. The zero-order valence-corrected chi connectivity index (χ0v) is 15.6. The van der Waals surface area contributed by atoms with Crippen LogP contribution in [0.5, 0.6) is 0 Å². The van der Waals surface area contributed by atoms with Gasteiger partial charge in [0, 0.05) is 51.9 Å². The second-order valence-corrected chi connectivity index (χ2v) is 7.34. The van der Waals surface area contributed by atoms with Crippen LogP contribution >= 0.6 is 0 Å². The summed E-state index contributed by atoms with van der Waals surface area (Å²) in [6.07, 6.45) is 1.83. The van der Waals surface area contributed by atoms with Crippen molar-refractivity contribution in [3.05, 3.63) is 29.3 Å². The molecule has 2 saturated heterocycles. The molecule has 2 amide bonds. The molecular formula is C20H29N3O2. The highest BCUT2D eigenvalue weighted by molar-refractivity contribution is 5.81. The zero-order chi connectivity index (χ0) is 18.0. The number of aryl methyl sites for hydroxylation is 1. The van der Waals surface area contributed by atoms with Gasteiger partial charge in [0.15, 0.2) is 0 Å². The SMILES string of the molecule is CC(=O)N1CCC[C@@H](C(=O)N2CCN(c3cccc(C)c3C)CC2)C1. The normalized spacial score (nSPS) is 21.4. The van der Waals surface area contributed by atoms with Gasteiger partial charge in [0.05, 0.1) is 5.92 Å². The third-order valence-corrected chi connectivity index (χ3v) is 5.72. The number of carbonyl (C=O) groups is 2. The standard InChI is InChI=1S/C20H29N3O2/c1-15-6-4-8-19(16(15)2)21-10-12-22(13-11-21)20(25)18-7-5-9-23(14-18)17(3)24/h4,6,8,18H,5,7,9-14H2,1-3H3/t18-/m1/s1. The molecule has 2 heterocycles. The van der Waals surface area contributed by atoms with Crippen molar-refractivity contribution in [1.82, 2.24) is 9.80 Å². The summed E-state index contributed by atoms with van der Waals surface area (Å²) in [6, 6.07) is 6.42. The first-order valence-corrected chi connectivity index (χ1v) is 9.33. The smallest absolute Gasteiger partial charge is 0.227 e. The predicted molar refractivity (Wildman–Crippen MR) is 99.7 cm³/mol. The van der Waals surface area contributed by atoms with Gasteiger partial charge < -0.3 is 14.7 Å². The number of piperazine rings is 1. The summed E-state index contributed by atoms with van der Waals surface area (Å²) in [5.74, 6) is 0.286. The van der Waals surface area contributed by atoms with Crippen molar-refractivity contribution in [3.63, 3.8) is 0 Å². The number of piperidine rings is 1. The van der Waals surface area contributed by atoms with Gasteiger partial charge in [0.2, 0.25) is 11.8 Å². The molecule has 0 bridgehead atoms. The number of amides is 2. The molecule has 1 aromatic rings. The summed E-state index contributed by atoms with van der Waals surface area (Å²) in [6.45, 7) is 10.6. The van der Waals surface area contributed by atoms with Gasteiger partial charge in [-0.3, -0.25) is 9.59 Å². The van der Waals surface area contributed by atoms with Gasteiger partial charge >= 0.3 is 0 Å². The average Bonchev–Trinajstić information content (AvgIpc) is 2.63. The Morgan fingerprint density at radius 1 is 1.00 bits per heavy atom. The second kappa shape index (κ2) is 7.46. The molecule has 0 aliphatic carbocycles. The lowest BCUT2D eigenvalue weighted by atomic mass is 9.96. The molecule has 5 nitrogen and oxygen atoms in total. The fraction of sp³-hybridized carbons (Fsp3) is 0.600. The van der Waals surface area contributed by atoms with E-state index < -0.39 is 0 Å². The molecule has 2 aliphatic rings. The van der Waals surface area contributed by atoms with E-state index in [1.54, 1.807) is 6.92 Å². The van der Waals surface area contributed by atoms with Crippen LogP contribution in [0.2, 0.25) is 0 Å². The number of anilines is 1. The Labute approximate surface area is 150 Å². The minimum Gasteiger partial charge on any atom is -0.368 e. The number of rotatable bonds is 2. The van der Waals surface area contributed by atoms with E-state index in [9.17, 15) is 9.59 Å². The van der Waals surface area contributed by atoms with Gasteiger partial charge in [-0.1, -0.05) is 12.1 Å². The summed E-state index contributed by atoms with van der Waals surface area (Å²) in [5.41, 5.74) is 3.92. The fourth-order valence-electron chi connectivity index (χ4n) is 3.97. The zero-order valence-electron chi connectivity index (χ0n) is 15.6. The van der Waals surface area contributed by atoms with E-state index in [4.69, 9.17) is 0 Å². The number of benzene rings is 1. The van der Waals surface area contributed by atoms with Crippen LogP contribution in [0.1, 0.15) is 30.9 Å². The minimum absolute atomic E-state index is 0.0232. The maximum atomic E-state index is 12.9. The minimum atomic E-state index is -0.0232. The van der Waals surface area contributed by atoms with Crippen LogP contribution < -0.4 is 4.90 Å². The molecule has 5 heteroatoms. The topological polar surface area (TPSA) is 43.9 Å². The molecule has 3 rings (SSSR count). The van der Waals surface area contributed by atoms with E-state index >= 15 is 0 Å². The first-order chi connectivity index (χ1) is 12.0. The van der Waals surface area contributed by atoms with E-state index in [0.717, 1.165) is 45.6 Å². The largest absolute Gasteiger partial charge is 0.368 e. The maximum absolute atomic E-state index is 12.9. The maximum Gasteiger partial charge on any atom is 0.227 e.